The Morgan fingerprint density at radius 1 is 1.53 bits per heavy atom. The summed E-state index contributed by atoms with van der Waals surface area (Å²) in [6.07, 6.45) is 4.24. The summed E-state index contributed by atoms with van der Waals surface area (Å²) in [5, 5.41) is 0. The molecule has 0 N–H and O–H groups in total. The zero-order valence-corrected chi connectivity index (χ0v) is 9.54. The minimum atomic E-state index is 0.433. The molecule has 0 aromatic carbocycles. The van der Waals surface area contributed by atoms with E-state index >= 15 is 0 Å². The number of halogens is 1. The van der Waals surface area contributed by atoms with Crippen LogP contribution >= 0.6 is 11.8 Å². The number of hydrogen-bond acceptors (Lipinski definition) is 3. The molecule has 0 aliphatic carbocycles. The summed E-state index contributed by atoms with van der Waals surface area (Å²) < 4.78 is 1.83. The highest BCUT2D eigenvalue weighted by molar-refractivity contribution is 6.26. The Labute approximate surface area is 94.8 Å². The van der Waals surface area contributed by atoms with Crippen LogP contribution in [0.4, 0.5) is 11.5 Å². The van der Waals surface area contributed by atoms with Gasteiger partial charge >= 0.3 is 0 Å². The van der Waals surface area contributed by atoms with E-state index < -0.39 is 0 Å². The first-order valence-corrected chi connectivity index (χ1v) is 5.77. The van der Waals surface area contributed by atoms with E-state index in [4.69, 9.17) is 11.8 Å². The number of fused-ring (bicyclic) bond motifs is 4. The Kier molecular flexibility index (Phi) is 2.02. The number of rotatable bonds is 0. The minimum Gasteiger partial charge on any atom is -0.366 e. The van der Waals surface area contributed by atoms with E-state index in [2.05, 4.69) is 22.9 Å². The Morgan fingerprint density at radius 2 is 2.40 bits per heavy atom. The molecule has 3 rings (SSSR count). The van der Waals surface area contributed by atoms with Gasteiger partial charge in [-0.2, -0.15) is 0 Å². The van der Waals surface area contributed by atoms with Crippen molar-refractivity contribution in [3.05, 3.63) is 17.8 Å². The van der Waals surface area contributed by atoms with Crippen molar-refractivity contribution in [3.63, 3.8) is 0 Å². The van der Waals surface area contributed by atoms with Gasteiger partial charge in [-0.3, -0.25) is 4.42 Å². The first-order valence-electron chi connectivity index (χ1n) is 5.43. The van der Waals surface area contributed by atoms with E-state index in [0.29, 0.717) is 6.04 Å². The van der Waals surface area contributed by atoms with Crippen molar-refractivity contribution >= 4 is 23.3 Å². The van der Waals surface area contributed by atoms with Crippen LogP contribution in [0.15, 0.2) is 12.3 Å². The van der Waals surface area contributed by atoms with Crippen molar-refractivity contribution in [1.82, 2.24) is 4.98 Å². The molecule has 4 heteroatoms. The van der Waals surface area contributed by atoms with Crippen molar-refractivity contribution in [3.8, 4) is 0 Å². The maximum absolute atomic E-state index is 6.33. The van der Waals surface area contributed by atoms with Crippen LogP contribution in [0.1, 0.15) is 18.4 Å². The molecule has 1 fully saturated rings. The van der Waals surface area contributed by atoms with Crippen LogP contribution in [-0.4, -0.2) is 24.1 Å². The number of aryl methyl sites for hydroxylation is 1. The summed E-state index contributed by atoms with van der Waals surface area (Å²) in [6.45, 7) is 4.31. The predicted octanol–water partition coefficient (Wildman–Crippen LogP) is 2.33. The second-order valence-electron chi connectivity index (χ2n) is 4.35. The van der Waals surface area contributed by atoms with E-state index in [1.54, 1.807) is 0 Å². The molecular formula is C11H14ClN3. The van der Waals surface area contributed by atoms with Crippen LogP contribution in [0.25, 0.3) is 0 Å². The highest BCUT2D eigenvalue weighted by Gasteiger charge is 2.34. The van der Waals surface area contributed by atoms with Gasteiger partial charge in [0.1, 0.15) is 0 Å². The van der Waals surface area contributed by atoms with E-state index in [1.807, 2.05) is 10.6 Å². The summed E-state index contributed by atoms with van der Waals surface area (Å²) in [4.78, 5) is 6.82. The third-order valence-electron chi connectivity index (χ3n) is 3.34. The lowest BCUT2D eigenvalue weighted by atomic mass is 10.0. The monoisotopic (exact) mass is 223 g/mol. The molecule has 1 atom stereocenters. The van der Waals surface area contributed by atoms with Crippen LogP contribution in [0.3, 0.4) is 0 Å². The number of nitrogens with zero attached hydrogens (tertiary/aromatic N) is 3. The summed E-state index contributed by atoms with van der Waals surface area (Å²) in [5.41, 5.74) is 2.49. The smallest absolute Gasteiger partial charge is 0.167 e. The lowest BCUT2D eigenvalue weighted by molar-refractivity contribution is 0.491. The van der Waals surface area contributed by atoms with Gasteiger partial charge < -0.3 is 4.90 Å². The van der Waals surface area contributed by atoms with E-state index in [0.717, 1.165) is 18.9 Å². The maximum atomic E-state index is 6.33. The lowest BCUT2D eigenvalue weighted by Crippen LogP contribution is -2.49. The fourth-order valence-electron chi connectivity index (χ4n) is 2.60. The van der Waals surface area contributed by atoms with Gasteiger partial charge in [0.15, 0.2) is 5.82 Å². The zero-order valence-electron chi connectivity index (χ0n) is 8.78. The molecule has 15 heavy (non-hydrogen) atoms. The molecule has 0 unspecified atom stereocenters. The van der Waals surface area contributed by atoms with Gasteiger partial charge in [-0.1, -0.05) is 0 Å². The average molecular weight is 224 g/mol. The fourth-order valence-corrected chi connectivity index (χ4v) is 2.88. The Bertz CT molecular complexity index is 393. The van der Waals surface area contributed by atoms with Gasteiger partial charge in [-0.15, -0.1) is 0 Å². The normalized spacial score (nSPS) is 24.0. The Balaban J connectivity index is 2.16. The summed E-state index contributed by atoms with van der Waals surface area (Å²) in [7, 11) is 0. The van der Waals surface area contributed by atoms with Crippen LogP contribution in [0.5, 0.6) is 0 Å². The second kappa shape index (κ2) is 3.27. The van der Waals surface area contributed by atoms with Crippen LogP contribution in [-0.2, 0) is 0 Å². The Hall–Kier alpha value is -0.960. The third-order valence-corrected chi connectivity index (χ3v) is 3.78. The molecule has 0 amide bonds. The van der Waals surface area contributed by atoms with Crippen molar-refractivity contribution in [2.45, 2.75) is 25.8 Å². The molecule has 1 aromatic rings. The van der Waals surface area contributed by atoms with E-state index in [1.165, 1.54) is 24.1 Å². The largest absolute Gasteiger partial charge is 0.366 e. The van der Waals surface area contributed by atoms with Crippen molar-refractivity contribution in [2.24, 2.45) is 0 Å². The molecule has 0 radical (unpaired) electrons. The molecule has 80 valence electrons. The number of piperidine rings is 1. The quantitative estimate of drug-likeness (QED) is 0.630. The SMILES string of the molecule is Cc1ccnc2c1N1CCC[C@@H](C1)N2Cl. The first kappa shape index (κ1) is 9.28. The van der Waals surface area contributed by atoms with Crippen molar-refractivity contribution in [1.29, 1.82) is 0 Å². The van der Waals surface area contributed by atoms with Gasteiger partial charge in [0, 0.05) is 31.1 Å². The predicted molar refractivity (Wildman–Crippen MR) is 62.5 cm³/mol. The summed E-state index contributed by atoms with van der Waals surface area (Å²) in [6, 6.07) is 2.49. The molecule has 1 saturated heterocycles. The molecular weight excluding hydrogens is 210 g/mol. The number of pyridine rings is 1. The third kappa shape index (κ3) is 1.29. The molecule has 0 saturated carbocycles. The van der Waals surface area contributed by atoms with Gasteiger partial charge in [0.05, 0.1) is 11.7 Å². The van der Waals surface area contributed by atoms with Crippen LogP contribution < -0.4 is 9.32 Å². The van der Waals surface area contributed by atoms with E-state index in [-0.39, 0.29) is 0 Å². The molecule has 3 heterocycles. The second-order valence-corrected chi connectivity index (χ2v) is 4.72. The highest BCUT2D eigenvalue weighted by atomic mass is 35.5. The Morgan fingerprint density at radius 3 is 3.27 bits per heavy atom. The number of anilines is 2. The number of aromatic nitrogens is 1. The van der Waals surface area contributed by atoms with Gasteiger partial charge in [-0.05, 0) is 31.4 Å². The molecule has 2 bridgehead atoms. The van der Waals surface area contributed by atoms with Gasteiger partial charge in [0.2, 0.25) is 0 Å². The number of hydrogen-bond donors (Lipinski definition) is 0. The van der Waals surface area contributed by atoms with Gasteiger partial charge in [0.25, 0.3) is 0 Å². The minimum absolute atomic E-state index is 0.433. The fraction of sp³-hybridized carbons (Fsp3) is 0.545. The zero-order chi connectivity index (χ0) is 10.4. The lowest BCUT2D eigenvalue weighted by Gasteiger charge is -2.44. The summed E-state index contributed by atoms with van der Waals surface area (Å²) >= 11 is 6.33. The standard InChI is InChI=1S/C11H14ClN3/c1-8-4-5-13-11-10(8)14-6-2-3-9(7-14)15(11)12/h4-5,9H,2-3,6-7H2,1H3/t9-/m0/s1. The van der Waals surface area contributed by atoms with Crippen molar-refractivity contribution < 1.29 is 0 Å². The molecule has 1 aromatic heterocycles. The topological polar surface area (TPSA) is 19.4 Å². The van der Waals surface area contributed by atoms with E-state index in [9.17, 15) is 0 Å². The maximum Gasteiger partial charge on any atom is 0.167 e. The van der Waals surface area contributed by atoms with Gasteiger partial charge in [-0.25, -0.2) is 4.98 Å². The van der Waals surface area contributed by atoms with Crippen LogP contribution in [0.2, 0.25) is 0 Å². The molecule has 0 spiro atoms. The molecule has 2 aliphatic heterocycles. The highest BCUT2D eigenvalue weighted by Crippen LogP contribution is 2.40. The molecule has 3 nitrogen and oxygen atoms in total. The summed E-state index contributed by atoms with van der Waals surface area (Å²) in [5.74, 6) is 0.938. The average Bonchev–Trinajstić information content (AvgIpc) is 2.26. The molecule has 2 aliphatic rings. The first-order chi connectivity index (χ1) is 7.27. The van der Waals surface area contributed by atoms with Crippen molar-refractivity contribution in [2.75, 3.05) is 22.4 Å². The van der Waals surface area contributed by atoms with Crippen LogP contribution in [0, 0.1) is 6.92 Å².